The number of carbonyl (C=O) groups excluding carboxylic acids is 2. The highest BCUT2D eigenvalue weighted by molar-refractivity contribution is 6.20. The second-order valence-electron chi connectivity index (χ2n) is 7.71. The lowest BCUT2D eigenvalue weighted by molar-refractivity contribution is -0.131. The molecule has 3 saturated heterocycles. The summed E-state index contributed by atoms with van der Waals surface area (Å²) in [6.07, 6.45) is 7.76. The minimum absolute atomic E-state index is 0.0000337. The van der Waals surface area contributed by atoms with Gasteiger partial charge in [0.25, 0.3) is 5.91 Å². The van der Waals surface area contributed by atoms with Gasteiger partial charge < -0.3 is 15.1 Å². The number of hydrogen-bond acceptors (Lipinski definition) is 5. The maximum atomic E-state index is 12.5. The van der Waals surface area contributed by atoms with Crippen molar-refractivity contribution in [2.45, 2.75) is 51.2 Å². The second kappa shape index (κ2) is 6.79. The van der Waals surface area contributed by atoms with Crippen molar-refractivity contribution in [3.05, 3.63) is 36.3 Å². The van der Waals surface area contributed by atoms with Crippen LogP contribution in [0, 0.1) is 0 Å². The van der Waals surface area contributed by atoms with Crippen molar-refractivity contribution in [1.29, 1.82) is 0 Å². The third kappa shape index (κ3) is 3.11. The van der Waals surface area contributed by atoms with E-state index in [1.807, 2.05) is 24.8 Å². The molecule has 5 rings (SSSR count). The van der Waals surface area contributed by atoms with E-state index in [2.05, 4.69) is 21.8 Å². The van der Waals surface area contributed by atoms with Gasteiger partial charge in [-0.3, -0.25) is 14.6 Å². The van der Waals surface area contributed by atoms with Crippen molar-refractivity contribution < 1.29 is 9.59 Å². The zero-order valence-electron chi connectivity index (χ0n) is 15.8. The van der Waals surface area contributed by atoms with Gasteiger partial charge in [0.05, 0.1) is 23.2 Å². The predicted molar refractivity (Wildman–Crippen MR) is 103 cm³/mol. The molecule has 0 saturated carbocycles. The number of piperidine rings is 2. The maximum absolute atomic E-state index is 12.5. The fourth-order valence-corrected chi connectivity index (χ4v) is 4.24. The van der Waals surface area contributed by atoms with Crippen LogP contribution in [-0.2, 0) is 16.0 Å². The van der Waals surface area contributed by atoms with Crippen LogP contribution in [0.25, 0.3) is 5.57 Å². The van der Waals surface area contributed by atoms with E-state index >= 15 is 0 Å². The lowest BCUT2D eigenvalue weighted by Crippen LogP contribution is -2.64. The molecule has 3 fully saturated rings. The van der Waals surface area contributed by atoms with Crippen LogP contribution >= 0.6 is 0 Å². The van der Waals surface area contributed by atoms with Crippen molar-refractivity contribution in [3.63, 3.8) is 0 Å². The molecule has 3 aliphatic heterocycles. The number of rotatable bonds is 4. The Hall–Kier alpha value is -2.70. The highest BCUT2D eigenvalue weighted by Crippen LogP contribution is 2.33. The summed E-state index contributed by atoms with van der Waals surface area (Å²) in [7, 11) is 0. The van der Waals surface area contributed by atoms with E-state index in [1.54, 1.807) is 6.20 Å². The summed E-state index contributed by atoms with van der Waals surface area (Å²) in [5, 5.41) is 2.93. The smallest absolute Gasteiger partial charge is 0.253 e. The van der Waals surface area contributed by atoms with Gasteiger partial charge in [-0.25, -0.2) is 4.98 Å². The van der Waals surface area contributed by atoms with E-state index in [-0.39, 0.29) is 29.9 Å². The number of nitrogens with zero attached hydrogens (tertiary/aromatic N) is 4. The molecule has 0 radical (unpaired) electrons. The Labute approximate surface area is 159 Å². The highest BCUT2D eigenvalue weighted by Gasteiger charge is 2.41. The summed E-state index contributed by atoms with van der Waals surface area (Å²) in [5.41, 5.74) is 2.14. The van der Waals surface area contributed by atoms with Gasteiger partial charge >= 0.3 is 0 Å². The summed E-state index contributed by atoms with van der Waals surface area (Å²) in [4.78, 5) is 38.1. The molecule has 0 aromatic carbocycles. The van der Waals surface area contributed by atoms with E-state index in [0.717, 1.165) is 30.9 Å². The lowest BCUT2D eigenvalue weighted by atomic mass is 9.90. The van der Waals surface area contributed by atoms with E-state index in [0.29, 0.717) is 24.2 Å². The molecule has 1 aromatic rings. The van der Waals surface area contributed by atoms with Crippen LogP contribution in [-0.4, -0.2) is 57.9 Å². The Kier molecular flexibility index (Phi) is 4.45. The standard InChI is InChI=1S/C20H25N5O2/c1-4-18(26)25-11-13-5-6-14(25)10-24(13)17-9-21-16-8-7-15(19(16)23-17)20(27)22-12(2)3/h4,7,9,12-14H,1,5-6,8,10-11H2,2-3H3,(H,22,27)/t13-,14-/m0/s1. The van der Waals surface area contributed by atoms with Crippen LogP contribution in [0.5, 0.6) is 0 Å². The highest BCUT2D eigenvalue weighted by atomic mass is 16.2. The van der Waals surface area contributed by atoms with Crippen molar-refractivity contribution in [1.82, 2.24) is 20.2 Å². The molecule has 4 heterocycles. The Morgan fingerprint density at radius 2 is 2.07 bits per heavy atom. The second-order valence-corrected chi connectivity index (χ2v) is 7.71. The normalized spacial score (nSPS) is 23.3. The Morgan fingerprint density at radius 3 is 2.74 bits per heavy atom. The van der Waals surface area contributed by atoms with E-state index < -0.39 is 0 Å². The van der Waals surface area contributed by atoms with Gasteiger partial charge in [-0.15, -0.1) is 0 Å². The zero-order chi connectivity index (χ0) is 19.1. The number of fused-ring (bicyclic) bond motifs is 4. The first kappa shape index (κ1) is 17.7. The summed E-state index contributed by atoms with van der Waals surface area (Å²) in [6, 6.07) is 0.476. The number of nitrogens with one attached hydrogen (secondary N) is 1. The number of allylic oxidation sites excluding steroid dienone is 1. The van der Waals surface area contributed by atoms with Crippen molar-refractivity contribution in [3.8, 4) is 0 Å². The van der Waals surface area contributed by atoms with Gasteiger partial charge in [0.1, 0.15) is 5.82 Å². The van der Waals surface area contributed by atoms with Crippen LogP contribution in [0.3, 0.4) is 0 Å². The average molecular weight is 367 g/mol. The summed E-state index contributed by atoms with van der Waals surface area (Å²) < 4.78 is 0. The van der Waals surface area contributed by atoms with Crippen molar-refractivity contribution in [2.24, 2.45) is 0 Å². The molecule has 142 valence electrons. The molecule has 7 nitrogen and oxygen atoms in total. The minimum Gasteiger partial charge on any atom is -0.350 e. The summed E-state index contributed by atoms with van der Waals surface area (Å²) in [6.45, 7) is 8.92. The largest absolute Gasteiger partial charge is 0.350 e. The molecule has 4 aliphatic rings. The van der Waals surface area contributed by atoms with Gasteiger partial charge in [-0.2, -0.15) is 0 Å². The minimum atomic E-state index is -0.0990. The fraction of sp³-hybridized carbons (Fsp3) is 0.500. The van der Waals surface area contributed by atoms with Crippen LogP contribution in [0.4, 0.5) is 5.82 Å². The lowest BCUT2D eigenvalue weighted by Gasteiger charge is -2.51. The number of piperazine rings is 1. The average Bonchev–Trinajstić information content (AvgIpc) is 3.10. The predicted octanol–water partition coefficient (Wildman–Crippen LogP) is 1.31. The van der Waals surface area contributed by atoms with Gasteiger partial charge in [0.2, 0.25) is 5.91 Å². The Balaban J connectivity index is 1.57. The van der Waals surface area contributed by atoms with Crippen LogP contribution < -0.4 is 10.2 Å². The van der Waals surface area contributed by atoms with E-state index in [9.17, 15) is 9.59 Å². The molecular weight excluding hydrogens is 342 g/mol. The number of amides is 2. The van der Waals surface area contributed by atoms with E-state index in [4.69, 9.17) is 4.98 Å². The quantitative estimate of drug-likeness (QED) is 0.812. The fourth-order valence-electron chi connectivity index (χ4n) is 4.24. The number of aromatic nitrogens is 2. The number of anilines is 1. The summed E-state index contributed by atoms with van der Waals surface area (Å²) >= 11 is 0. The van der Waals surface area contributed by atoms with Gasteiger partial charge in [0.15, 0.2) is 0 Å². The maximum Gasteiger partial charge on any atom is 0.253 e. The number of carbonyl (C=O) groups is 2. The molecule has 1 N–H and O–H groups in total. The first-order valence-corrected chi connectivity index (χ1v) is 9.55. The third-order valence-electron chi connectivity index (χ3n) is 5.54. The van der Waals surface area contributed by atoms with Gasteiger partial charge in [-0.1, -0.05) is 12.7 Å². The van der Waals surface area contributed by atoms with Crippen molar-refractivity contribution >= 4 is 23.2 Å². The molecule has 2 atom stereocenters. The van der Waals surface area contributed by atoms with Crippen LogP contribution in [0.1, 0.15) is 38.1 Å². The SMILES string of the molecule is C=CC(=O)N1C[C@@H]2CC[C@H]1CN2c1cnc2c(n1)C(C(=O)NC(C)C)=CC2. The molecule has 2 bridgehead atoms. The molecule has 7 heteroatoms. The van der Waals surface area contributed by atoms with Crippen LogP contribution in [0.15, 0.2) is 24.9 Å². The molecular formula is C20H25N5O2. The topological polar surface area (TPSA) is 78.4 Å². The van der Waals surface area contributed by atoms with Crippen LogP contribution in [0.2, 0.25) is 0 Å². The van der Waals surface area contributed by atoms with E-state index in [1.165, 1.54) is 6.08 Å². The first-order valence-electron chi connectivity index (χ1n) is 9.55. The molecule has 1 aromatic heterocycles. The molecule has 0 unspecified atom stereocenters. The Morgan fingerprint density at radius 1 is 1.30 bits per heavy atom. The zero-order valence-corrected chi connectivity index (χ0v) is 15.8. The van der Waals surface area contributed by atoms with Gasteiger partial charge in [-0.05, 0) is 32.8 Å². The summed E-state index contributed by atoms with van der Waals surface area (Å²) in [5.74, 6) is 0.692. The molecule has 1 aliphatic carbocycles. The Bertz CT molecular complexity index is 832. The first-order chi connectivity index (χ1) is 13.0. The molecule has 2 amide bonds. The molecule has 0 spiro atoms. The monoisotopic (exact) mass is 367 g/mol. The van der Waals surface area contributed by atoms with Crippen molar-refractivity contribution in [2.75, 3.05) is 18.0 Å². The number of hydrogen-bond donors (Lipinski definition) is 1. The van der Waals surface area contributed by atoms with Gasteiger partial charge in [0, 0.05) is 37.6 Å². The molecule has 27 heavy (non-hydrogen) atoms. The third-order valence-corrected chi connectivity index (χ3v) is 5.54.